The van der Waals surface area contributed by atoms with E-state index in [1.165, 1.54) is 6.08 Å². The number of hydrogen-bond acceptors (Lipinski definition) is 9. The van der Waals surface area contributed by atoms with Crippen LogP contribution in [-0.2, 0) is 20.8 Å². The fourth-order valence-electron chi connectivity index (χ4n) is 5.31. The third-order valence-electron chi connectivity index (χ3n) is 7.64. The first-order valence-corrected chi connectivity index (χ1v) is 14.3. The number of nitrogens with one attached hydrogen (secondary N) is 1. The standard InChI is InChI=1S/C32H36N4O7/c1-2-19-41-32(38)33-26-9-7-25(8-10-26)31-42-29(20-30(43-31)24-5-3-23(22-37)4-6-24)21-34-15-17-35(18-16-34)27-11-13-28(14-12-27)36(39)40/h2-14,29-31,37H,1,15-22H2,(H,33,38)/t29-,30+,31+/m0/s1. The largest absolute Gasteiger partial charge is 0.445 e. The number of nitrogens with zero attached hydrogens (tertiary/aromatic N) is 3. The Morgan fingerprint density at radius 3 is 2.30 bits per heavy atom. The van der Waals surface area contributed by atoms with Gasteiger partial charge in [0.2, 0.25) is 0 Å². The number of carbonyl (C=O) groups excluding carboxylic acids is 1. The molecule has 0 bridgehead atoms. The fraction of sp³-hybridized carbons (Fsp3) is 0.344. The minimum Gasteiger partial charge on any atom is -0.445 e. The van der Waals surface area contributed by atoms with Crippen molar-refractivity contribution in [3.63, 3.8) is 0 Å². The molecule has 2 N–H and O–H groups in total. The molecule has 3 aromatic rings. The first kappa shape index (κ1) is 30.2. The van der Waals surface area contributed by atoms with Crippen molar-refractivity contribution in [2.45, 2.75) is 31.5 Å². The van der Waals surface area contributed by atoms with Crippen molar-refractivity contribution in [2.75, 3.05) is 49.5 Å². The van der Waals surface area contributed by atoms with Crippen LogP contribution in [0.5, 0.6) is 0 Å². The number of amides is 1. The number of anilines is 2. The molecule has 43 heavy (non-hydrogen) atoms. The number of aliphatic hydroxyl groups is 1. The average Bonchev–Trinajstić information content (AvgIpc) is 3.04. The SMILES string of the molecule is C=CCOC(=O)Nc1ccc([C@@H]2O[C@H](CN3CCN(c4ccc([N+](=O)[O-])cc4)CC3)C[C@H](c3ccc(CO)cc3)O2)cc1. The van der Waals surface area contributed by atoms with E-state index in [1.807, 2.05) is 36.4 Å². The first-order valence-electron chi connectivity index (χ1n) is 14.3. The van der Waals surface area contributed by atoms with Gasteiger partial charge in [-0.15, -0.1) is 0 Å². The van der Waals surface area contributed by atoms with Crippen LogP contribution in [0.3, 0.4) is 0 Å². The van der Waals surface area contributed by atoms with Gasteiger partial charge in [0.25, 0.3) is 5.69 Å². The second-order valence-electron chi connectivity index (χ2n) is 10.5. The Morgan fingerprint density at radius 1 is 1.00 bits per heavy atom. The summed E-state index contributed by atoms with van der Waals surface area (Å²) in [7, 11) is 0. The van der Waals surface area contributed by atoms with E-state index in [0.717, 1.165) is 55.1 Å². The minimum atomic E-state index is -0.607. The van der Waals surface area contributed by atoms with E-state index in [-0.39, 0.29) is 36.0 Å². The van der Waals surface area contributed by atoms with Crippen molar-refractivity contribution < 1.29 is 29.0 Å². The lowest BCUT2D eigenvalue weighted by molar-refractivity contribution is -0.384. The van der Waals surface area contributed by atoms with Gasteiger partial charge in [0.15, 0.2) is 6.29 Å². The second kappa shape index (κ2) is 14.3. The molecule has 11 heteroatoms. The molecule has 11 nitrogen and oxygen atoms in total. The number of nitro groups is 1. The van der Waals surface area contributed by atoms with Gasteiger partial charge in [-0.25, -0.2) is 4.79 Å². The molecule has 2 aliphatic rings. The van der Waals surface area contributed by atoms with Crippen molar-refractivity contribution in [3.8, 4) is 0 Å². The Labute approximate surface area is 250 Å². The summed E-state index contributed by atoms with van der Waals surface area (Å²) in [5.74, 6) is 0. The number of piperazine rings is 1. The Bertz CT molecular complexity index is 1370. The van der Waals surface area contributed by atoms with Crippen LogP contribution in [0.2, 0.25) is 0 Å². The van der Waals surface area contributed by atoms with E-state index in [0.29, 0.717) is 12.1 Å². The normalized spacial score (nSPS) is 20.8. The van der Waals surface area contributed by atoms with Gasteiger partial charge >= 0.3 is 6.09 Å². The first-order chi connectivity index (χ1) is 20.9. The van der Waals surface area contributed by atoms with E-state index >= 15 is 0 Å². The molecular formula is C32H36N4O7. The lowest BCUT2D eigenvalue weighted by Crippen LogP contribution is -2.49. The predicted molar refractivity (Wildman–Crippen MR) is 162 cm³/mol. The number of benzene rings is 3. The summed E-state index contributed by atoms with van der Waals surface area (Å²) in [6.45, 7) is 7.65. The number of rotatable bonds is 10. The third-order valence-corrected chi connectivity index (χ3v) is 7.64. The summed E-state index contributed by atoms with van der Waals surface area (Å²) in [5.41, 5.74) is 4.34. The van der Waals surface area contributed by atoms with Crippen LogP contribution in [0.25, 0.3) is 0 Å². The molecule has 0 saturated carbocycles. The number of non-ortho nitro benzene ring substituents is 1. The minimum absolute atomic E-state index is 0.0203. The second-order valence-corrected chi connectivity index (χ2v) is 10.5. The van der Waals surface area contributed by atoms with Crippen LogP contribution in [0, 0.1) is 10.1 Å². The van der Waals surface area contributed by atoms with Crippen LogP contribution < -0.4 is 10.2 Å². The Hall–Kier alpha value is -4.29. The van der Waals surface area contributed by atoms with Gasteiger partial charge in [0, 0.05) is 68.2 Å². The molecule has 0 unspecified atom stereocenters. The molecule has 0 aromatic heterocycles. The zero-order valence-corrected chi connectivity index (χ0v) is 23.8. The van der Waals surface area contributed by atoms with E-state index in [1.54, 1.807) is 36.4 Å². The van der Waals surface area contributed by atoms with E-state index in [4.69, 9.17) is 14.2 Å². The lowest BCUT2D eigenvalue weighted by atomic mass is 9.99. The highest BCUT2D eigenvalue weighted by molar-refractivity contribution is 5.84. The van der Waals surface area contributed by atoms with Gasteiger partial charge in [0.05, 0.1) is 23.7 Å². The highest BCUT2D eigenvalue weighted by Crippen LogP contribution is 2.38. The van der Waals surface area contributed by atoms with Crippen molar-refractivity contribution in [1.29, 1.82) is 0 Å². The summed E-state index contributed by atoms with van der Waals surface area (Å²) in [4.78, 5) is 27.1. The fourth-order valence-corrected chi connectivity index (χ4v) is 5.31. The summed E-state index contributed by atoms with van der Waals surface area (Å²) >= 11 is 0. The molecule has 0 spiro atoms. The van der Waals surface area contributed by atoms with E-state index in [9.17, 15) is 20.0 Å². The van der Waals surface area contributed by atoms with Crippen molar-refractivity contribution in [3.05, 3.63) is 112 Å². The number of nitro benzene ring substituents is 1. The number of carbonyl (C=O) groups is 1. The van der Waals surface area contributed by atoms with Gasteiger partial charge in [-0.1, -0.05) is 49.1 Å². The van der Waals surface area contributed by atoms with Gasteiger partial charge in [-0.2, -0.15) is 0 Å². The third kappa shape index (κ3) is 7.96. The van der Waals surface area contributed by atoms with Crippen LogP contribution in [0.15, 0.2) is 85.5 Å². The Balaban J connectivity index is 1.24. The van der Waals surface area contributed by atoms with Gasteiger partial charge in [0.1, 0.15) is 6.61 Å². The van der Waals surface area contributed by atoms with Crippen LogP contribution in [-0.4, -0.2) is 66.5 Å². The maximum atomic E-state index is 11.9. The smallest absolute Gasteiger partial charge is 0.411 e. The quantitative estimate of drug-likeness (QED) is 0.187. The molecule has 2 aliphatic heterocycles. The number of aliphatic hydroxyl groups excluding tert-OH is 1. The molecule has 3 aromatic carbocycles. The lowest BCUT2D eigenvalue weighted by Gasteiger charge is -2.41. The van der Waals surface area contributed by atoms with Crippen molar-refractivity contribution in [2.24, 2.45) is 0 Å². The van der Waals surface area contributed by atoms with E-state index in [2.05, 4.69) is 21.7 Å². The molecule has 1 amide bonds. The highest BCUT2D eigenvalue weighted by atomic mass is 16.7. The van der Waals surface area contributed by atoms with Crippen LogP contribution in [0.4, 0.5) is 21.9 Å². The van der Waals surface area contributed by atoms with Gasteiger partial charge in [-0.05, 0) is 35.4 Å². The van der Waals surface area contributed by atoms with E-state index < -0.39 is 12.4 Å². The molecule has 0 radical (unpaired) electrons. The molecule has 5 rings (SSSR count). The zero-order valence-electron chi connectivity index (χ0n) is 23.8. The predicted octanol–water partition coefficient (Wildman–Crippen LogP) is 5.19. The summed E-state index contributed by atoms with van der Waals surface area (Å²) in [6, 6.07) is 21.8. The monoisotopic (exact) mass is 588 g/mol. The Morgan fingerprint density at radius 2 is 1.67 bits per heavy atom. The molecule has 2 saturated heterocycles. The average molecular weight is 589 g/mol. The van der Waals surface area contributed by atoms with Crippen LogP contribution >= 0.6 is 0 Å². The number of ether oxygens (including phenoxy) is 3. The highest BCUT2D eigenvalue weighted by Gasteiger charge is 2.34. The summed E-state index contributed by atoms with van der Waals surface area (Å²) in [5, 5.41) is 23.2. The molecule has 2 heterocycles. The van der Waals surface area contributed by atoms with Crippen molar-refractivity contribution >= 4 is 23.2 Å². The maximum absolute atomic E-state index is 11.9. The summed E-state index contributed by atoms with van der Waals surface area (Å²) in [6.07, 6.45) is 0.710. The van der Waals surface area contributed by atoms with Crippen molar-refractivity contribution in [1.82, 2.24) is 4.90 Å². The zero-order chi connectivity index (χ0) is 30.2. The molecule has 2 fully saturated rings. The number of hydrogen-bond donors (Lipinski definition) is 2. The van der Waals surface area contributed by atoms with Gasteiger partial charge in [-0.3, -0.25) is 20.3 Å². The maximum Gasteiger partial charge on any atom is 0.411 e. The summed E-state index contributed by atoms with van der Waals surface area (Å²) < 4.78 is 17.9. The molecular weight excluding hydrogens is 552 g/mol. The van der Waals surface area contributed by atoms with Gasteiger partial charge < -0.3 is 24.2 Å². The molecule has 0 aliphatic carbocycles. The molecule has 3 atom stereocenters. The molecule has 226 valence electrons. The topological polar surface area (TPSA) is 127 Å². The van der Waals surface area contributed by atoms with Crippen LogP contribution in [0.1, 0.15) is 35.5 Å². The Kier molecular flexibility index (Phi) is 10.0.